The second kappa shape index (κ2) is 4.64. The Kier molecular flexibility index (Phi) is 3.38. The minimum absolute atomic E-state index is 0.0269. The van der Waals surface area contributed by atoms with E-state index in [-0.39, 0.29) is 23.8 Å². The van der Waals surface area contributed by atoms with Crippen LogP contribution in [0.2, 0.25) is 0 Å². The standard InChI is InChI=1S/C12H21N3O2/c1-8(2)11(13)12(17)14-5-6-15-9(7-14)3-4-10(15)16/h8-9,11H,3-7,13H2,1-2H3. The molecule has 0 aliphatic carbocycles. The molecule has 2 saturated heterocycles. The summed E-state index contributed by atoms with van der Waals surface area (Å²) in [5, 5.41) is 0. The average Bonchev–Trinajstić information content (AvgIpc) is 2.68. The summed E-state index contributed by atoms with van der Waals surface area (Å²) >= 11 is 0. The van der Waals surface area contributed by atoms with Gasteiger partial charge in [-0.3, -0.25) is 9.59 Å². The van der Waals surface area contributed by atoms with Gasteiger partial charge in [-0.15, -0.1) is 0 Å². The van der Waals surface area contributed by atoms with Gasteiger partial charge in [-0.05, 0) is 12.3 Å². The monoisotopic (exact) mass is 239 g/mol. The molecule has 0 bridgehead atoms. The fraction of sp³-hybridized carbons (Fsp3) is 0.833. The molecule has 0 radical (unpaired) electrons. The van der Waals surface area contributed by atoms with Gasteiger partial charge in [-0.1, -0.05) is 13.8 Å². The molecular formula is C12H21N3O2. The quantitative estimate of drug-likeness (QED) is 0.726. The van der Waals surface area contributed by atoms with Crippen LogP contribution in [0, 0.1) is 5.92 Å². The number of amides is 2. The molecule has 2 rings (SSSR count). The molecule has 2 aliphatic heterocycles. The zero-order valence-corrected chi connectivity index (χ0v) is 10.6. The van der Waals surface area contributed by atoms with Crippen LogP contribution in [0.1, 0.15) is 26.7 Å². The summed E-state index contributed by atoms with van der Waals surface area (Å²) in [6, 6.07) is -0.196. The zero-order chi connectivity index (χ0) is 12.6. The van der Waals surface area contributed by atoms with E-state index < -0.39 is 6.04 Å². The van der Waals surface area contributed by atoms with Gasteiger partial charge in [-0.25, -0.2) is 0 Å². The molecule has 2 atom stereocenters. The van der Waals surface area contributed by atoms with E-state index >= 15 is 0 Å². The second-order valence-corrected chi connectivity index (χ2v) is 5.33. The third-order valence-corrected chi connectivity index (χ3v) is 3.81. The lowest BCUT2D eigenvalue weighted by atomic mass is 10.0. The van der Waals surface area contributed by atoms with E-state index in [4.69, 9.17) is 5.73 Å². The van der Waals surface area contributed by atoms with Gasteiger partial charge in [0.05, 0.1) is 6.04 Å². The smallest absolute Gasteiger partial charge is 0.239 e. The molecule has 17 heavy (non-hydrogen) atoms. The molecule has 2 N–H and O–H groups in total. The molecule has 5 heteroatoms. The van der Waals surface area contributed by atoms with E-state index in [0.717, 1.165) is 6.42 Å². The van der Waals surface area contributed by atoms with Crippen molar-refractivity contribution in [2.24, 2.45) is 11.7 Å². The first-order valence-electron chi connectivity index (χ1n) is 6.34. The van der Waals surface area contributed by atoms with Crippen LogP contribution in [0.25, 0.3) is 0 Å². The number of fused-ring (bicyclic) bond motifs is 1. The van der Waals surface area contributed by atoms with Gasteiger partial charge < -0.3 is 15.5 Å². The molecule has 2 unspecified atom stereocenters. The zero-order valence-electron chi connectivity index (χ0n) is 10.6. The molecule has 0 aromatic rings. The Balaban J connectivity index is 1.97. The van der Waals surface area contributed by atoms with Gasteiger partial charge in [0.15, 0.2) is 0 Å². The van der Waals surface area contributed by atoms with Crippen LogP contribution in [0.5, 0.6) is 0 Å². The third-order valence-electron chi connectivity index (χ3n) is 3.81. The number of piperazine rings is 1. The van der Waals surface area contributed by atoms with Crippen molar-refractivity contribution >= 4 is 11.8 Å². The highest BCUT2D eigenvalue weighted by Crippen LogP contribution is 2.23. The number of carbonyl (C=O) groups is 2. The molecule has 2 amide bonds. The maximum absolute atomic E-state index is 12.1. The molecule has 5 nitrogen and oxygen atoms in total. The van der Waals surface area contributed by atoms with Crippen LogP contribution in [0.4, 0.5) is 0 Å². The van der Waals surface area contributed by atoms with Gasteiger partial charge in [0.2, 0.25) is 11.8 Å². The topological polar surface area (TPSA) is 66.6 Å². The molecule has 0 aromatic carbocycles. The fourth-order valence-corrected chi connectivity index (χ4v) is 2.56. The lowest BCUT2D eigenvalue weighted by Gasteiger charge is -2.39. The SMILES string of the molecule is CC(C)C(N)C(=O)N1CCN2C(=O)CCC2C1. The molecule has 2 aliphatic rings. The molecule has 0 aromatic heterocycles. The first kappa shape index (κ1) is 12.4. The summed E-state index contributed by atoms with van der Waals surface area (Å²) in [5.41, 5.74) is 5.88. The van der Waals surface area contributed by atoms with Gasteiger partial charge in [0, 0.05) is 32.1 Å². The summed E-state index contributed by atoms with van der Waals surface area (Å²) in [7, 11) is 0. The minimum atomic E-state index is -0.418. The summed E-state index contributed by atoms with van der Waals surface area (Å²) in [6.07, 6.45) is 1.50. The number of nitrogens with zero attached hydrogens (tertiary/aromatic N) is 2. The highest BCUT2D eigenvalue weighted by molar-refractivity contribution is 5.83. The summed E-state index contributed by atoms with van der Waals surface area (Å²) in [6.45, 7) is 5.86. The van der Waals surface area contributed by atoms with Gasteiger partial charge in [-0.2, -0.15) is 0 Å². The second-order valence-electron chi connectivity index (χ2n) is 5.33. The number of nitrogens with two attached hydrogens (primary N) is 1. The lowest BCUT2D eigenvalue weighted by Crippen LogP contribution is -2.57. The Hall–Kier alpha value is -1.10. The summed E-state index contributed by atoms with van der Waals surface area (Å²) < 4.78 is 0. The first-order valence-corrected chi connectivity index (χ1v) is 6.34. The maximum atomic E-state index is 12.1. The van der Waals surface area contributed by atoms with Crippen molar-refractivity contribution < 1.29 is 9.59 Å². The van der Waals surface area contributed by atoms with Crippen molar-refractivity contribution in [2.75, 3.05) is 19.6 Å². The molecule has 0 spiro atoms. The molecular weight excluding hydrogens is 218 g/mol. The third kappa shape index (κ3) is 2.29. The van der Waals surface area contributed by atoms with Crippen LogP contribution in [-0.4, -0.2) is 53.3 Å². The fourth-order valence-electron chi connectivity index (χ4n) is 2.56. The highest BCUT2D eigenvalue weighted by atomic mass is 16.2. The largest absolute Gasteiger partial charge is 0.338 e. The minimum Gasteiger partial charge on any atom is -0.338 e. The Morgan fingerprint density at radius 2 is 2.12 bits per heavy atom. The summed E-state index contributed by atoms with van der Waals surface area (Å²) in [4.78, 5) is 27.4. The molecule has 2 fully saturated rings. The van der Waals surface area contributed by atoms with E-state index in [9.17, 15) is 9.59 Å². The molecule has 0 saturated carbocycles. The van der Waals surface area contributed by atoms with Crippen molar-refractivity contribution in [1.82, 2.24) is 9.80 Å². The van der Waals surface area contributed by atoms with E-state index in [1.54, 1.807) is 0 Å². The van der Waals surface area contributed by atoms with Crippen molar-refractivity contribution in [2.45, 2.75) is 38.8 Å². The van der Waals surface area contributed by atoms with Crippen LogP contribution in [0.15, 0.2) is 0 Å². The van der Waals surface area contributed by atoms with Crippen molar-refractivity contribution in [1.29, 1.82) is 0 Å². The Morgan fingerprint density at radius 1 is 1.41 bits per heavy atom. The maximum Gasteiger partial charge on any atom is 0.239 e. The van der Waals surface area contributed by atoms with Crippen LogP contribution in [0.3, 0.4) is 0 Å². The predicted octanol–water partition coefficient (Wildman–Crippen LogP) is -0.197. The van der Waals surface area contributed by atoms with Crippen LogP contribution in [-0.2, 0) is 9.59 Å². The Labute approximate surface area is 102 Å². The normalized spacial score (nSPS) is 26.4. The van der Waals surface area contributed by atoms with E-state index in [2.05, 4.69) is 0 Å². The van der Waals surface area contributed by atoms with E-state index in [0.29, 0.717) is 26.1 Å². The van der Waals surface area contributed by atoms with E-state index in [1.807, 2.05) is 23.6 Å². The van der Waals surface area contributed by atoms with Crippen molar-refractivity contribution in [3.8, 4) is 0 Å². The van der Waals surface area contributed by atoms with E-state index in [1.165, 1.54) is 0 Å². The van der Waals surface area contributed by atoms with Crippen LogP contribution < -0.4 is 5.73 Å². The van der Waals surface area contributed by atoms with Crippen LogP contribution >= 0.6 is 0 Å². The number of rotatable bonds is 2. The molecule has 2 heterocycles. The first-order chi connectivity index (χ1) is 8.00. The number of carbonyl (C=O) groups excluding carboxylic acids is 2. The molecule has 96 valence electrons. The Morgan fingerprint density at radius 3 is 2.76 bits per heavy atom. The highest BCUT2D eigenvalue weighted by Gasteiger charge is 2.38. The van der Waals surface area contributed by atoms with Crippen molar-refractivity contribution in [3.63, 3.8) is 0 Å². The van der Waals surface area contributed by atoms with Gasteiger partial charge >= 0.3 is 0 Å². The van der Waals surface area contributed by atoms with Gasteiger partial charge in [0.1, 0.15) is 0 Å². The number of hydrogen-bond donors (Lipinski definition) is 1. The average molecular weight is 239 g/mol. The predicted molar refractivity (Wildman–Crippen MR) is 64.1 cm³/mol. The van der Waals surface area contributed by atoms with Gasteiger partial charge in [0.25, 0.3) is 0 Å². The number of hydrogen-bond acceptors (Lipinski definition) is 3. The lowest BCUT2D eigenvalue weighted by molar-refractivity contribution is -0.140. The Bertz CT molecular complexity index is 330. The summed E-state index contributed by atoms with van der Waals surface area (Å²) in [5.74, 6) is 0.417. The van der Waals surface area contributed by atoms with Crippen molar-refractivity contribution in [3.05, 3.63) is 0 Å².